The number of ether oxygens (including phenoxy) is 1. The largest absolute Gasteiger partial charge is 0.394 e. The van der Waals surface area contributed by atoms with Gasteiger partial charge in [0, 0.05) is 19.2 Å². The molecule has 0 aliphatic carbocycles. The number of hydrogen-bond acceptors (Lipinski definition) is 10. The number of nitrogen functional groups attached to an aromatic ring is 1. The predicted molar refractivity (Wildman–Crippen MR) is 119 cm³/mol. The van der Waals surface area contributed by atoms with Gasteiger partial charge in [0.15, 0.2) is 6.23 Å². The van der Waals surface area contributed by atoms with E-state index in [1.807, 2.05) is 29.2 Å². The van der Waals surface area contributed by atoms with E-state index in [-0.39, 0.29) is 11.5 Å². The molecule has 0 bridgehead atoms. The van der Waals surface area contributed by atoms with Gasteiger partial charge in [-0.15, -0.1) is 0 Å². The Morgan fingerprint density at radius 2 is 2.00 bits per heavy atom. The first-order chi connectivity index (χ1) is 16.2. The normalized spacial score (nSPS) is 26.6. The maximum absolute atomic E-state index is 13.3. The minimum Gasteiger partial charge on any atom is -0.394 e. The molecule has 7 N–H and O–H groups in total. The summed E-state index contributed by atoms with van der Waals surface area (Å²) < 4.78 is 6.19. The van der Waals surface area contributed by atoms with Crippen LogP contribution in [-0.2, 0) is 17.7 Å². The Bertz CT molecular complexity index is 1110. The van der Waals surface area contributed by atoms with Crippen LogP contribution in [0, 0.1) is 6.92 Å². The van der Waals surface area contributed by atoms with Gasteiger partial charge in [0.05, 0.1) is 12.7 Å². The van der Waals surface area contributed by atoms with Crippen LogP contribution in [0.25, 0.3) is 0 Å². The smallest absolute Gasteiger partial charge is 0.352 e. The minimum atomic E-state index is -1.61. The summed E-state index contributed by atoms with van der Waals surface area (Å²) in [5, 5.41) is 42.9. The molecule has 1 aromatic carbocycles. The van der Waals surface area contributed by atoms with Crippen molar-refractivity contribution < 1.29 is 30.0 Å². The van der Waals surface area contributed by atoms with Gasteiger partial charge >= 0.3 is 5.69 Å². The monoisotopic (exact) mass is 474 g/mol. The van der Waals surface area contributed by atoms with E-state index in [4.69, 9.17) is 10.5 Å². The summed E-state index contributed by atoms with van der Waals surface area (Å²) in [6, 6.07) is 8.99. The van der Waals surface area contributed by atoms with Crippen molar-refractivity contribution in [3.05, 3.63) is 64.6 Å². The number of nitrogens with one attached hydrogen (secondary N) is 1. The van der Waals surface area contributed by atoms with Crippen LogP contribution in [0.4, 0.5) is 5.82 Å². The molecule has 4 unspecified atom stereocenters. The number of benzene rings is 1. The van der Waals surface area contributed by atoms with Gasteiger partial charge in [-0.05, 0) is 24.5 Å². The van der Waals surface area contributed by atoms with Crippen molar-refractivity contribution in [3.8, 4) is 0 Å². The van der Waals surface area contributed by atoms with Crippen molar-refractivity contribution in [3.63, 3.8) is 0 Å². The number of nitrogens with zero attached hydrogens (tertiary/aromatic N) is 3. The highest BCUT2D eigenvalue weighted by Crippen LogP contribution is 2.29. The molecule has 183 valence electrons. The third kappa shape index (κ3) is 4.56. The molecule has 0 spiro atoms. The number of carbonyl (C=O) groups is 1. The summed E-state index contributed by atoms with van der Waals surface area (Å²) in [4.78, 5) is 31.4. The van der Waals surface area contributed by atoms with Gasteiger partial charge in [0.2, 0.25) is 0 Å². The maximum Gasteiger partial charge on any atom is 0.352 e. The van der Waals surface area contributed by atoms with Crippen LogP contribution < -0.4 is 16.7 Å². The zero-order valence-corrected chi connectivity index (χ0v) is 18.3. The maximum atomic E-state index is 13.3. The molecule has 1 amide bonds. The lowest BCUT2D eigenvalue weighted by atomic mass is 9.99. The summed E-state index contributed by atoms with van der Waals surface area (Å²) >= 11 is 0. The summed E-state index contributed by atoms with van der Waals surface area (Å²) in [5.74, 6) is -1.03. The Kier molecular flexibility index (Phi) is 6.98. The zero-order valence-electron chi connectivity index (χ0n) is 18.3. The number of anilines is 1. The minimum absolute atomic E-state index is 0.239. The van der Waals surface area contributed by atoms with Crippen molar-refractivity contribution in [2.24, 2.45) is 0 Å². The molecule has 6 atom stereocenters. The standard InChI is InChI=1S/C22H28N5O7/c1-11(29)19(26-7-6-12-4-2-3-5-13(12)9-26)25-20(32)14-8-16(23)24-22(33)27(14)21-18(31)17(30)15(10-28)34-21/h2-5,8,11,15,17-19,21,28-31H,1,6-7,9-10H2,(H,25,32)(H2,23,24,33)/t11?,15-,17?,18?,19?,21-/m1/s1. The molecule has 2 aromatic rings. The third-order valence-corrected chi connectivity index (χ3v) is 6.18. The highest BCUT2D eigenvalue weighted by atomic mass is 16.6. The van der Waals surface area contributed by atoms with E-state index < -0.39 is 55.0 Å². The number of aliphatic hydroxyl groups is 4. The molecule has 2 aliphatic heterocycles. The zero-order chi connectivity index (χ0) is 24.6. The summed E-state index contributed by atoms with van der Waals surface area (Å²) in [7, 11) is 0. The van der Waals surface area contributed by atoms with Crippen LogP contribution in [0.15, 0.2) is 35.1 Å². The van der Waals surface area contributed by atoms with Crippen molar-refractivity contribution in [2.45, 2.75) is 49.8 Å². The lowest BCUT2D eigenvalue weighted by molar-refractivity contribution is -0.0558. The van der Waals surface area contributed by atoms with Gasteiger partial charge in [0.1, 0.15) is 36.0 Å². The third-order valence-electron chi connectivity index (χ3n) is 6.18. The van der Waals surface area contributed by atoms with Crippen molar-refractivity contribution >= 4 is 11.7 Å². The Morgan fingerprint density at radius 3 is 2.65 bits per heavy atom. The van der Waals surface area contributed by atoms with E-state index in [2.05, 4.69) is 17.2 Å². The number of aromatic nitrogens is 2. The SMILES string of the molecule is [CH2]C(O)C(NC(=O)c1cc(N)nc(=O)n1[C@@H]1O[C@H](CO)C(O)C1O)N1CCc2ccccc2C1. The molecule has 1 radical (unpaired) electrons. The van der Waals surface area contributed by atoms with Crippen LogP contribution in [-0.4, -0.2) is 84.5 Å². The Labute approximate surface area is 195 Å². The molecule has 1 fully saturated rings. The summed E-state index contributed by atoms with van der Waals surface area (Å²) in [5.41, 5.74) is 6.66. The van der Waals surface area contributed by atoms with E-state index in [9.17, 15) is 30.0 Å². The number of carbonyl (C=O) groups excluding carboxylic acids is 1. The van der Waals surface area contributed by atoms with Gasteiger partial charge in [-0.3, -0.25) is 14.3 Å². The van der Waals surface area contributed by atoms with Gasteiger partial charge in [-0.25, -0.2) is 4.79 Å². The number of aliphatic hydroxyl groups excluding tert-OH is 4. The molecule has 2 aliphatic rings. The van der Waals surface area contributed by atoms with Crippen molar-refractivity contribution in [1.82, 2.24) is 19.8 Å². The number of nitrogens with two attached hydrogens (primary N) is 1. The molecule has 1 saturated heterocycles. The molecule has 12 nitrogen and oxygen atoms in total. The molecule has 0 saturated carbocycles. The fourth-order valence-corrected chi connectivity index (χ4v) is 4.42. The Hall–Kier alpha value is -2.87. The van der Waals surface area contributed by atoms with E-state index in [1.165, 1.54) is 5.56 Å². The highest BCUT2D eigenvalue weighted by molar-refractivity contribution is 5.93. The van der Waals surface area contributed by atoms with Crippen LogP contribution in [0.1, 0.15) is 27.8 Å². The van der Waals surface area contributed by atoms with Crippen LogP contribution in [0.5, 0.6) is 0 Å². The van der Waals surface area contributed by atoms with Crippen LogP contribution >= 0.6 is 0 Å². The number of amides is 1. The second-order valence-corrected chi connectivity index (χ2v) is 8.42. The van der Waals surface area contributed by atoms with Gasteiger partial charge in [-0.1, -0.05) is 24.3 Å². The molecule has 4 rings (SSSR count). The fraction of sp³-hybridized carbons (Fsp3) is 0.455. The first kappa shape index (κ1) is 24.3. The first-order valence-corrected chi connectivity index (χ1v) is 10.9. The first-order valence-electron chi connectivity index (χ1n) is 10.9. The highest BCUT2D eigenvalue weighted by Gasteiger charge is 2.45. The molecular weight excluding hydrogens is 446 g/mol. The molecular formula is C22H28N5O7. The lowest BCUT2D eigenvalue weighted by Gasteiger charge is -2.37. The fourth-order valence-electron chi connectivity index (χ4n) is 4.42. The number of hydrogen-bond donors (Lipinski definition) is 6. The number of fused-ring (bicyclic) bond motifs is 1. The molecule has 1 aromatic heterocycles. The second kappa shape index (κ2) is 9.78. The average Bonchev–Trinajstić information content (AvgIpc) is 3.09. The van der Waals surface area contributed by atoms with Crippen LogP contribution in [0.3, 0.4) is 0 Å². The molecule has 34 heavy (non-hydrogen) atoms. The number of rotatable bonds is 6. The van der Waals surface area contributed by atoms with Crippen molar-refractivity contribution in [2.75, 3.05) is 18.9 Å². The molecule has 3 heterocycles. The van der Waals surface area contributed by atoms with E-state index in [0.717, 1.165) is 16.2 Å². The average molecular weight is 474 g/mol. The quantitative estimate of drug-likeness (QED) is 0.267. The topological polar surface area (TPSA) is 183 Å². The predicted octanol–water partition coefficient (Wildman–Crippen LogP) is -2.25. The summed E-state index contributed by atoms with van der Waals surface area (Å²) in [6.45, 7) is 4.07. The van der Waals surface area contributed by atoms with E-state index >= 15 is 0 Å². The van der Waals surface area contributed by atoms with Crippen LogP contribution in [0.2, 0.25) is 0 Å². The lowest BCUT2D eigenvalue weighted by Crippen LogP contribution is -2.56. The van der Waals surface area contributed by atoms with Crippen molar-refractivity contribution in [1.29, 1.82) is 0 Å². The Balaban J connectivity index is 1.63. The van der Waals surface area contributed by atoms with Gasteiger partial charge in [-0.2, -0.15) is 4.98 Å². The van der Waals surface area contributed by atoms with Gasteiger partial charge < -0.3 is 36.2 Å². The molecule has 12 heteroatoms. The van der Waals surface area contributed by atoms with E-state index in [0.29, 0.717) is 19.5 Å². The van der Waals surface area contributed by atoms with E-state index in [1.54, 1.807) is 0 Å². The van der Waals surface area contributed by atoms with Gasteiger partial charge in [0.25, 0.3) is 5.91 Å². The summed E-state index contributed by atoms with van der Waals surface area (Å²) in [6.07, 6.45) is -7.14. The second-order valence-electron chi connectivity index (χ2n) is 8.42. The Morgan fingerprint density at radius 1 is 1.29 bits per heavy atom.